The van der Waals surface area contributed by atoms with Gasteiger partial charge in [-0.1, -0.05) is 125 Å². The lowest BCUT2D eigenvalue weighted by atomic mass is 9.66. The fourth-order valence-corrected chi connectivity index (χ4v) is 12.3. The summed E-state index contributed by atoms with van der Waals surface area (Å²) in [6, 6.07) is 0. The smallest absolute Gasteiger partial charge is 0.192 e. The Kier molecular flexibility index (Phi) is 12.7. The van der Waals surface area contributed by atoms with Crippen molar-refractivity contribution in [1.82, 2.24) is 0 Å². The van der Waals surface area contributed by atoms with Gasteiger partial charge in [0.05, 0.1) is 13.7 Å². The molecule has 250 valence electrons. The van der Waals surface area contributed by atoms with Crippen LogP contribution in [0.3, 0.4) is 0 Å². The standard InChI is InChI=1S/C39H74O2Si2/c1-17-25-39(12)32(23-24-34(39)29(2)20-19-26-38(10,11)40)22-18-21-31-27-33(41-43(15,16)37(7,8)9)28-35(30(31)3)42(13,14)36(4,5)6/h18,21-22,29,32-35,40H,3,17,19-20,23-28H2,1-2,4-16H3/b22-18-,31-21-/t29-,32-,33-,34-,35+,39+/m1/s1. The molecule has 0 aromatic heterocycles. The summed E-state index contributed by atoms with van der Waals surface area (Å²) in [5.74, 6) is 2.08. The predicted octanol–water partition coefficient (Wildman–Crippen LogP) is 12.5. The lowest BCUT2D eigenvalue weighted by Crippen LogP contribution is -2.49. The van der Waals surface area contributed by atoms with Crippen LogP contribution in [0.4, 0.5) is 0 Å². The van der Waals surface area contributed by atoms with Crippen LogP contribution in [-0.2, 0) is 4.43 Å². The van der Waals surface area contributed by atoms with Crippen LogP contribution in [0.15, 0.2) is 36.0 Å². The van der Waals surface area contributed by atoms with Gasteiger partial charge in [-0.15, -0.1) is 0 Å². The highest BCUT2D eigenvalue weighted by Crippen LogP contribution is 2.56. The minimum absolute atomic E-state index is 0.214. The van der Waals surface area contributed by atoms with Crippen molar-refractivity contribution in [2.45, 2.75) is 187 Å². The Morgan fingerprint density at radius 3 is 2.14 bits per heavy atom. The zero-order valence-corrected chi connectivity index (χ0v) is 33.5. The molecule has 2 nitrogen and oxygen atoms in total. The molecule has 2 saturated carbocycles. The van der Waals surface area contributed by atoms with E-state index < -0.39 is 22.0 Å². The van der Waals surface area contributed by atoms with E-state index in [4.69, 9.17) is 11.0 Å². The Hall–Kier alpha value is -0.426. The summed E-state index contributed by atoms with van der Waals surface area (Å²) < 4.78 is 7.14. The summed E-state index contributed by atoms with van der Waals surface area (Å²) in [5, 5.41) is 10.8. The summed E-state index contributed by atoms with van der Waals surface area (Å²) >= 11 is 0. The van der Waals surface area contributed by atoms with Crippen molar-refractivity contribution >= 4 is 16.4 Å². The number of rotatable bonds is 12. The van der Waals surface area contributed by atoms with Crippen LogP contribution in [0.1, 0.15) is 134 Å². The SMILES string of the molecule is C=C1/C(=C\C=C/[C@@H]2CC[C@H]([C@H](C)CCCC(C)(C)O)[C@@]2(C)CCC)C[C@@H](O[Si](C)(C)C(C)(C)C)C[C@@H]1[Si](C)(C)C(C)(C)C. The topological polar surface area (TPSA) is 29.5 Å². The summed E-state index contributed by atoms with van der Waals surface area (Å²) in [7, 11) is -3.53. The molecular weight excluding hydrogens is 557 g/mol. The molecular formula is C39H74O2Si2. The molecule has 0 spiro atoms. The number of hydrogen-bond donors (Lipinski definition) is 1. The average molecular weight is 631 g/mol. The van der Waals surface area contributed by atoms with E-state index in [1.165, 1.54) is 43.3 Å². The fourth-order valence-electron chi connectivity index (χ4n) is 8.02. The number of hydrogen-bond acceptors (Lipinski definition) is 2. The van der Waals surface area contributed by atoms with Crippen LogP contribution in [0.2, 0.25) is 41.8 Å². The molecule has 0 saturated heterocycles. The van der Waals surface area contributed by atoms with E-state index in [-0.39, 0.29) is 11.1 Å². The monoisotopic (exact) mass is 631 g/mol. The maximum absolute atomic E-state index is 10.2. The van der Waals surface area contributed by atoms with Gasteiger partial charge in [-0.05, 0) is 110 Å². The first kappa shape index (κ1) is 38.8. The molecule has 0 aromatic carbocycles. The Balaban J connectivity index is 2.34. The van der Waals surface area contributed by atoms with Crippen molar-refractivity contribution in [3.63, 3.8) is 0 Å². The fraction of sp³-hybridized carbons (Fsp3) is 0.846. The summed E-state index contributed by atoms with van der Waals surface area (Å²) in [6.07, 6.45) is 18.2. The first-order chi connectivity index (χ1) is 19.4. The van der Waals surface area contributed by atoms with Gasteiger partial charge in [0.2, 0.25) is 0 Å². The third kappa shape index (κ3) is 9.55. The molecule has 0 aromatic rings. The quantitative estimate of drug-likeness (QED) is 0.217. The highest BCUT2D eigenvalue weighted by molar-refractivity contribution is 6.82. The van der Waals surface area contributed by atoms with Gasteiger partial charge in [-0.2, -0.15) is 0 Å². The molecule has 2 aliphatic rings. The van der Waals surface area contributed by atoms with Gasteiger partial charge in [-0.3, -0.25) is 0 Å². The molecule has 0 amide bonds. The summed E-state index contributed by atoms with van der Waals surface area (Å²) in [6.45, 7) is 40.5. The second kappa shape index (κ2) is 14.1. The molecule has 0 bridgehead atoms. The maximum Gasteiger partial charge on any atom is 0.192 e. The van der Waals surface area contributed by atoms with Crippen molar-refractivity contribution in [3.05, 3.63) is 36.0 Å². The van der Waals surface area contributed by atoms with E-state index >= 15 is 0 Å². The molecule has 2 rings (SSSR count). The van der Waals surface area contributed by atoms with Gasteiger partial charge in [0.15, 0.2) is 8.32 Å². The Bertz CT molecular complexity index is 984. The average Bonchev–Trinajstić information content (AvgIpc) is 3.14. The van der Waals surface area contributed by atoms with E-state index in [0.717, 1.165) is 31.6 Å². The second-order valence-electron chi connectivity index (χ2n) is 18.8. The summed E-state index contributed by atoms with van der Waals surface area (Å²) in [5.41, 5.74) is 3.17. The van der Waals surface area contributed by atoms with Crippen LogP contribution < -0.4 is 0 Å². The molecule has 1 N–H and O–H groups in total. The summed E-state index contributed by atoms with van der Waals surface area (Å²) in [4.78, 5) is 0. The Labute approximate surface area is 271 Å². The van der Waals surface area contributed by atoms with E-state index in [2.05, 4.69) is 107 Å². The molecule has 43 heavy (non-hydrogen) atoms. The lowest BCUT2D eigenvalue weighted by Gasteiger charge is -2.49. The molecule has 0 heterocycles. The van der Waals surface area contributed by atoms with Crippen molar-refractivity contribution in [2.24, 2.45) is 23.2 Å². The lowest BCUT2D eigenvalue weighted by molar-refractivity contribution is 0.0619. The zero-order valence-electron chi connectivity index (χ0n) is 31.5. The third-order valence-electron chi connectivity index (χ3n) is 12.9. The van der Waals surface area contributed by atoms with E-state index in [9.17, 15) is 5.11 Å². The first-order valence-corrected chi connectivity index (χ1v) is 23.8. The van der Waals surface area contributed by atoms with Crippen LogP contribution in [-0.4, -0.2) is 33.2 Å². The van der Waals surface area contributed by atoms with Crippen molar-refractivity contribution < 1.29 is 9.53 Å². The van der Waals surface area contributed by atoms with Crippen molar-refractivity contribution in [3.8, 4) is 0 Å². The zero-order chi connectivity index (χ0) is 33.2. The molecule has 6 atom stereocenters. The van der Waals surface area contributed by atoms with Gasteiger partial charge in [0, 0.05) is 6.10 Å². The van der Waals surface area contributed by atoms with Gasteiger partial charge in [0.25, 0.3) is 0 Å². The minimum atomic E-state index is -1.87. The molecule has 0 radical (unpaired) electrons. The number of aliphatic hydroxyl groups is 1. The van der Waals surface area contributed by atoms with Gasteiger partial charge < -0.3 is 9.53 Å². The van der Waals surface area contributed by atoms with Gasteiger partial charge in [0.1, 0.15) is 0 Å². The third-order valence-corrected chi connectivity index (χ3v) is 23.6. The molecule has 0 aliphatic heterocycles. The predicted molar refractivity (Wildman–Crippen MR) is 197 cm³/mol. The Morgan fingerprint density at radius 2 is 1.63 bits per heavy atom. The second-order valence-corrected chi connectivity index (χ2v) is 29.2. The van der Waals surface area contributed by atoms with Crippen molar-refractivity contribution in [2.75, 3.05) is 0 Å². The van der Waals surface area contributed by atoms with E-state index in [1.807, 2.05) is 13.8 Å². The molecule has 2 fully saturated rings. The maximum atomic E-state index is 10.2. The largest absolute Gasteiger partial charge is 0.414 e. The van der Waals surface area contributed by atoms with Crippen LogP contribution in [0.25, 0.3) is 0 Å². The molecule has 0 unspecified atom stereocenters. The normalized spacial score (nSPS) is 30.0. The van der Waals surface area contributed by atoms with Gasteiger partial charge >= 0.3 is 0 Å². The highest BCUT2D eigenvalue weighted by Gasteiger charge is 2.49. The van der Waals surface area contributed by atoms with Crippen LogP contribution in [0.5, 0.6) is 0 Å². The van der Waals surface area contributed by atoms with Crippen LogP contribution >= 0.6 is 0 Å². The number of allylic oxidation sites excluding steroid dienone is 4. The highest BCUT2D eigenvalue weighted by atomic mass is 28.4. The van der Waals surface area contributed by atoms with E-state index in [1.54, 1.807) is 0 Å². The first-order valence-electron chi connectivity index (χ1n) is 17.8. The van der Waals surface area contributed by atoms with E-state index in [0.29, 0.717) is 27.8 Å². The molecule has 4 heteroatoms. The molecule has 2 aliphatic carbocycles. The van der Waals surface area contributed by atoms with Crippen molar-refractivity contribution in [1.29, 1.82) is 0 Å². The van der Waals surface area contributed by atoms with Gasteiger partial charge in [-0.25, -0.2) is 0 Å². The van der Waals surface area contributed by atoms with Crippen LogP contribution in [0, 0.1) is 23.2 Å². The minimum Gasteiger partial charge on any atom is -0.414 e. The Morgan fingerprint density at radius 1 is 1.02 bits per heavy atom.